The molecule has 0 saturated carbocycles. The van der Waals surface area contributed by atoms with Crippen LogP contribution in [0, 0.1) is 0 Å². The average molecular weight is 880 g/mol. The molecule has 0 bridgehead atoms. The Morgan fingerprint density at radius 1 is 0.319 bits per heavy atom. The van der Waals surface area contributed by atoms with Crippen LogP contribution in [0.4, 0.5) is 0 Å². The van der Waals surface area contributed by atoms with E-state index < -0.39 is 0 Å². The molecule has 6 nitrogen and oxygen atoms in total. The highest BCUT2D eigenvalue weighted by molar-refractivity contribution is 6.25. The van der Waals surface area contributed by atoms with Crippen molar-refractivity contribution >= 4 is 97.9 Å². The minimum absolute atomic E-state index is 0.589. The first-order valence-electron chi connectivity index (χ1n) is 23.3. The molecule has 0 amide bonds. The molecule has 0 N–H and O–H groups in total. The van der Waals surface area contributed by atoms with Gasteiger partial charge >= 0.3 is 0 Å². The lowest BCUT2D eigenvalue weighted by atomic mass is 9.99. The SMILES string of the molecule is c1ccc(-c2nc(-c3ccc4c(c3)c(-n3c5cc6ccccc6cc5c5ccc6ccccc6c53)cc3oc5ccccc5c34)nc(-c3cccc4c3c3ccccc3n4-c3ccccc3)n2)cc1. The molecule has 15 rings (SSSR count). The van der Waals surface area contributed by atoms with Crippen LogP contribution in [0.25, 0.3) is 143 Å². The summed E-state index contributed by atoms with van der Waals surface area (Å²) in [4.78, 5) is 16.1. The average Bonchev–Trinajstić information content (AvgIpc) is 4.08. The van der Waals surface area contributed by atoms with Gasteiger partial charge in [0.1, 0.15) is 11.2 Å². The van der Waals surface area contributed by atoms with Crippen LogP contribution < -0.4 is 0 Å². The Bertz CT molecular complexity index is 4600. The Morgan fingerprint density at radius 2 is 0.971 bits per heavy atom. The van der Waals surface area contributed by atoms with E-state index in [9.17, 15) is 0 Å². The molecular weight excluding hydrogens is 843 g/mol. The minimum atomic E-state index is 0.589. The third kappa shape index (κ3) is 5.63. The van der Waals surface area contributed by atoms with E-state index in [0.717, 1.165) is 93.6 Å². The van der Waals surface area contributed by atoms with E-state index in [2.05, 4.69) is 209 Å². The van der Waals surface area contributed by atoms with Crippen molar-refractivity contribution in [2.75, 3.05) is 0 Å². The van der Waals surface area contributed by atoms with Crippen LogP contribution in [-0.4, -0.2) is 24.1 Å². The quantitative estimate of drug-likeness (QED) is 0.173. The largest absolute Gasteiger partial charge is 0.456 e. The Kier molecular flexibility index (Phi) is 7.97. The Labute approximate surface area is 394 Å². The topological polar surface area (TPSA) is 61.7 Å². The van der Waals surface area contributed by atoms with Crippen molar-refractivity contribution in [2.24, 2.45) is 0 Å². The molecule has 320 valence electrons. The van der Waals surface area contributed by atoms with E-state index in [1.807, 2.05) is 24.3 Å². The first-order chi connectivity index (χ1) is 34.2. The summed E-state index contributed by atoms with van der Waals surface area (Å²) < 4.78 is 11.6. The smallest absolute Gasteiger partial charge is 0.164 e. The Hall–Kier alpha value is -9.39. The van der Waals surface area contributed by atoms with Gasteiger partial charge in [0, 0.05) is 71.5 Å². The van der Waals surface area contributed by atoms with Crippen molar-refractivity contribution in [3.63, 3.8) is 0 Å². The standard InChI is InChI=1S/C63H37N5O/c1-3-17-39(18-4-1)61-64-62(66-63(65-61)49-26-15-28-53-58(49)47-24-11-13-27-52(47)67(53)43-21-5-2-6-22-43)42-31-32-45-50(35-42)55(37-57-59(45)48-25-12-14-29-56(48)69-57)68-54-36-41-20-8-7-19-40(41)34-51(54)46-33-30-38-16-9-10-23-44(38)60(46)68/h1-37H. The molecule has 4 aromatic heterocycles. The van der Waals surface area contributed by atoms with Crippen molar-refractivity contribution in [1.82, 2.24) is 24.1 Å². The summed E-state index contributed by atoms with van der Waals surface area (Å²) >= 11 is 0. The lowest BCUT2D eigenvalue weighted by molar-refractivity contribution is 0.669. The van der Waals surface area contributed by atoms with Crippen LogP contribution in [0.15, 0.2) is 229 Å². The second-order valence-corrected chi connectivity index (χ2v) is 17.9. The first-order valence-corrected chi connectivity index (χ1v) is 23.3. The number of fused-ring (bicyclic) bond motifs is 14. The summed E-state index contributed by atoms with van der Waals surface area (Å²) in [6.45, 7) is 0. The molecular formula is C63H37N5O. The maximum Gasteiger partial charge on any atom is 0.164 e. The molecule has 15 aromatic rings. The molecule has 0 unspecified atom stereocenters. The molecule has 0 spiro atoms. The van der Waals surface area contributed by atoms with Gasteiger partial charge in [-0.25, -0.2) is 15.0 Å². The van der Waals surface area contributed by atoms with Gasteiger partial charge in [-0.15, -0.1) is 0 Å². The predicted octanol–water partition coefficient (Wildman–Crippen LogP) is 16.4. The third-order valence-corrected chi connectivity index (χ3v) is 14.1. The molecule has 0 radical (unpaired) electrons. The zero-order valence-electron chi connectivity index (χ0n) is 37.0. The third-order valence-electron chi connectivity index (χ3n) is 14.1. The molecule has 0 saturated heterocycles. The van der Waals surface area contributed by atoms with Gasteiger partial charge in [0.05, 0.1) is 27.8 Å². The van der Waals surface area contributed by atoms with Gasteiger partial charge in [-0.1, -0.05) is 170 Å². The molecule has 0 fully saturated rings. The van der Waals surface area contributed by atoms with Crippen molar-refractivity contribution in [1.29, 1.82) is 0 Å². The Morgan fingerprint density at radius 3 is 1.81 bits per heavy atom. The lowest BCUT2D eigenvalue weighted by Gasteiger charge is -2.15. The number of rotatable bonds is 5. The predicted molar refractivity (Wildman–Crippen MR) is 285 cm³/mol. The van der Waals surface area contributed by atoms with Crippen molar-refractivity contribution in [3.8, 4) is 45.5 Å². The van der Waals surface area contributed by atoms with Crippen LogP contribution >= 0.6 is 0 Å². The molecule has 0 atom stereocenters. The summed E-state index contributed by atoms with van der Waals surface area (Å²) in [5.74, 6) is 1.81. The normalized spacial score (nSPS) is 12.1. The molecule has 6 heteroatoms. The van der Waals surface area contributed by atoms with Gasteiger partial charge < -0.3 is 13.6 Å². The Balaban J connectivity index is 1.05. The summed E-state index contributed by atoms with van der Waals surface area (Å²) in [5, 5.41) is 13.7. The van der Waals surface area contributed by atoms with E-state index in [0.29, 0.717) is 17.5 Å². The van der Waals surface area contributed by atoms with Gasteiger partial charge in [-0.2, -0.15) is 0 Å². The lowest BCUT2D eigenvalue weighted by Crippen LogP contribution is -2.01. The maximum absolute atomic E-state index is 6.77. The number of para-hydroxylation sites is 3. The molecule has 0 aliphatic heterocycles. The minimum Gasteiger partial charge on any atom is -0.456 e. The van der Waals surface area contributed by atoms with Gasteiger partial charge in [0.2, 0.25) is 0 Å². The van der Waals surface area contributed by atoms with Crippen LogP contribution in [0.2, 0.25) is 0 Å². The van der Waals surface area contributed by atoms with Crippen molar-refractivity contribution in [3.05, 3.63) is 224 Å². The number of hydrogen-bond donors (Lipinski definition) is 0. The van der Waals surface area contributed by atoms with Gasteiger partial charge in [0.15, 0.2) is 17.5 Å². The highest BCUT2D eigenvalue weighted by Gasteiger charge is 2.24. The van der Waals surface area contributed by atoms with Gasteiger partial charge in [0.25, 0.3) is 0 Å². The fourth-order valence-electron chi connectivity index (χ4n) is 11.1. The molecule has 0 aliphatic carbocycles. The molecule has 0 aliphatic rings. The first kappa shape index (κ1) is 37.8. The van der Waals surface area contributed by atoms with E-state index in [4.69, 9.17) is 19.4 Å². The maximum atomic E-state index is 6.77. The van der Waals surface area contributed by atoms with E-state index in [-0.39, 0.29) is 0 Å². The number of furan rings is 1. The summed E-state index contributed by atoms with van der Waals surface area (Å²) in [6, 6.07) is 79.7. The van der Waals surface area contributed by atoms with Crippen LogP contribution in [0.3, 0.4) is 0 Å². The number of aromatic nitrogens is 5. The van der Waals surface area contributed by atoms with Crippen LogP contribution in [-0.2, 0) is 0 Å². The second kappa shape index (κ2) is 14.6. The van der Waals surface area contributed by atoms with Crippen LogP contribution in [0.1, 0.15) is 0 Å². The highest BCUT2D eigenvalue weighted by Crippen LogP contribution is 2.45. The number of benzene rings is 11. The highest BCUT2D eigenvalue weighted by atomic mass is 16.3. The summed E-state index contributed by atoms with van der Waals surface area (Å²) in [7, 11) is 0. The van der Waals surface area contributed by atoms with Crippen LogP contribution in [0.5, 0.6) is 0 Å². The van der Waals surface area contributed by atoms with E-state index in [1.54, 1.807) is 0 Å². The fourth-order valence-corrected chi connectivity index (χ4v) is 11.1. The monoisotopic (exact) mass is 879 g/mol. The van der Waals surface area contributed by atoms with Crippen molar-refractivity contribution in [2.45, 2.75) is 0 Å². The van der Waals surface area contributed by atoms with Crippen molar-refractivity contribution < 1.29 is 4.42 Å². The fraction of sp³-hybridized carbons (Fsp3) is 0. The summed E-state index contributed by atoms with van der Waals surface area (Å²) in [5.41, 5.74) is 11.0. The van der Waals surface area contributed by atoms with E-state index in [1.165, 1.54) is 32.3 Å². The zero-order chi connectivity index (χ0) is 45.2. The molecule has 69 heavy (non-hydrogen) atoms. The number of hydrogen-bond acceptors (Lipinski definition) is 4. The van der Waals surface area contributed by atoms with Gasteiger partial charge in [-0.05, 0) is 70.1 Å². The van der Waals surface area contributed by atoms with Gasteiger partial charge in [-0.3, -0.25) is 0 Å². The molecule has 11 aromatic carbocycles. The van der Waals surface area contributed by atoms with E-state index >= 15 is 0 Å². The zero-order valence-corrected chi connectivity index (χ0v) is 37.0. The summed E-state index contributed by atoms with van der Waals surface area (Å²) in [6.07, 6.45) is 0. The molecule has 4 heterocycles. The second-order valence-electron chi connectivity index (χ2n) is 17.9. The number of nitrogens with zero attached hydrogens (tertiary/aromatic N) is 5.